The first-order valence-corrected chi connectivity index (χ1v) is 7.19. The van der Waals surface area contributed by atoms with Gasteiger partial charge in [0.1, 0.15) is 0 Å². The van der Waals surface area contributed by atoms with Crippen molar-refractivity contribution in [2.24, 2.45) is 5.92 Å². The van der Waals surface area contributed by atoms with Crippen LogP contribution in [-0.4, -0.2) is 19.7 Å². The Morgan fingerprint density at radius 2 is 2.10 bits per heavy atom. The third-order valence-electron chi connectivity index (χ3n) is 3.09. The zero-order chi connectivity index (χ0) is 15.8. The first kappa shape index (κ1) is 17.2. The predicted molar refractivity (Wildman–Crippen MR) is 81.8 cm³/mol. The molecule has 0 radical (unpaired) electrons. The molecule has 0 bridgehead atoms. The summed E-state index contributed by atoms with van der Waals surface area (Å²) in [5.74, 6) is -0.0946. The average molecular weight is 294 g/mol. The molecule has 0 unspecified atom stereocenters. The fourth-order valence-corrected chi connectivity index (χ4v) is 1.93. The van der Waals surface area contributed by atoms with Gasteiger partial charge in [0.2, 0.25) is 0 Å². The summed E-state index contributed by atoms with van der Waals surface area (Å²) in [6.07, 6.45) is 4.70. The third-order valence-corrected chi connectivity index (χ3v) is 3.09. The van der Waals surface area contributed by atoms with Crippen molar-refractivity contribution in [3.8, 4) is 5.75 Å². The van der Waals surface area contributed by atoms with Crippen LogP contribution in [-0.2, 0) is 16.0 Å². The Morgan fingerprint density at radius 3 is 2.67 bits per heavy atom. The monoisotopic (exact) mass is 294 g/mol. The largest absolute Gasteiger partial charge is 0.494 e. The highest BCUT2D eigenvalue weighted by Gasteiger charge is 2.10. The zero-order valence-corrected chi connectivity index (χ0v) is 13.1. The minimum absolute atomic E-state index is 0.224. The van der Waals surface area contributed by atoms with E-state index in [0.29, 0.717) is 18.1 Å². The Hall–Kier alpha value is -1.84. The lowest BCUT2D eigenvalue weighted by Gasteiger charge is -2.11. The van der Waals surface area contributed by atoms with Crippen LogP contribution in [0.25, 0.3) is 6.08 Å². The highest BCUT2D eigenvalue weighted by atomic mass is 19.1. The second-order valence-electron chi connectivity index (χ2n) is 5.20. The van der Waals surface area contributed by atoms with Gasteiger partial charge < -0.3 is 9.47 Å². The molecule has 21 heavy (non-hydrogen) atoms. The van der Waals surface area contributed by atoms with E-state index >= 15 is 0 Å². The summed E-state index contributed by atoms with van der Waals surface area (Å²) in [6.45, 7) is 6.33. The molecule has 0 atom stereocenters. The van der Waals surface area contributed by atoms with Gasteiger partial charge in [0, 0.05) is 6.08 Å². The zero-order valence-electron chi connectivity index (χ0n) is 13.1. The summed E-state index contributed by atoms with van der Waals surface area (Å²) in [6, 6.07) is 3.09. The van der Waals surface area contributed by atoms with E-state index in [-0.39, 0.29) is 5.75 Å². The fraction of sp³-hybridized carbons (Fsp3) is 0.471. The summed E-state index contributed by atoms with van der Waals surface area (Å²) in [5.41, 5.74) is 1.64. The summed E-state index contributed by atoms with van der Waals surface area (Å²) in [7, 11) is 1.44. The number of hydrogen-bond acceptors (Lipinski definition) is 3. The lowest BCUT2D eigenvalue weighted by atomic mass is 9.97. The van der Waals surface area contributed by atoms with Gasteiger partial charge in [0.05, 0.1) is 13.7 Å². The topological polar surface area (TPSA) is 35.5 Å². The molecule has 0 aliphatic rings. The number of esters is 1. The molecule has 0 aliphatic carbocycles. The molecule has 4 heteroatoms. The minimum atomic E-state index is -0.436. The molecule has 0 heterocycles. The van der Waals surface area contributed by atoms with Gasteiger partial charge in [-0.3, -0.25) is 0 Å². The first-order chi connectivity index (χ1) is 9.97. The van der Waals surface area contributed by atoms with Crippen LogP contribution in [0.5, 0.6) is 5.75 Å². The van der Waals surface area contributed by atoms with Crippen LogP contribution in [0, 0.1) is 11.7 Å². The number of ether oxygens (including phenoxy) is 2. The van der Waals surface area contributed by atoms with E-state index in [2.05, 4.69) is 13.8 Å². The summed E-state index contributed by atoms with van der Waals surface area (Å²) < 4.78 is 23.7. The molecule has 0 N–H and O–H groups in total. The molecule has 0 spiro atoms. The molecule has 0 aliphatic heterocycles. The number of carbonyl (C=O) groups excluding carboxylic acids is 1. The summed E-state index contributed by atoms with van der Waals surface area (Å²) in [4.78, 5) is 11.4. The number of rotatable bonds is 7. The average Bonchev–Trinajstić information content (AvgIpc) is 2.44. The Morgan fingerprint density at radius 1 is 1.38 bits per heavy atom. The van der Waals surface area contributed by atoms with Crippen LogP contribution in [0.3, 0.4) is 0 Å². The quantitative estimate of drug-likeness (QED) is 0.563. The molecule has 0 saturated heterocycles. The second kappa shape index (κ2) is 8.45. The van der Waals surface area contributed by atoms with E-state index < -0.39 is 11.8 Å². The lowest BCUT2D eigenvalue weighted by Crippen LogP contribution is -2.01. The van der Waals surface area contributed by atoms with E-state index in [0.717, 1.165) is 18.4 Å². The van der Waals surface area contributed by atoms with Crippen molar-refractivity contribution in [3.63, 3.8) is 0 Å². The maximum absolute atomic E-state index is 13.8. The van der Waals surface area contributed by atoms with E-state index in [1.807, 2.05) is 0 Å². The summed E-state index contributed by atoms with van der Waals surface area (Å²) in [5, 5.41) is 0. The van der Waals surface area contributed by atoms with Crippen molar-refractivity contribution >= 4 is 12.0 Å². The normalized spacial score (nSPS) is 11.1. The van der Waals surface area contributed by atoms with Crippen LogP contribution >= 0.6 is 0 Å². The Balaban J connectivity index is 3.03. The van der Waals surface area contributed by atoms with Crippen molar-refractivity contribution in [2.45, 2.75) is 33.6 Å². The predicted octanol–water partition coefficient (Wildman–Crippen LogP) is 4.00. The van der Waals surface area contributed by atoms with Crippen LogP contribution in [0.1, 0.15) is 38.3 Å². The highest BCUT2D eigenvalue weighted by molar-refractivity contribution is 5.87. The van der Waals surface area contributed by atoms with Gasteiger partial charge in [-0.25, -0.2) is 9.18 Å². The second-order valence-corrected chi connectivity index (χ2v) is 5.20. The van der Waals surface area contributed by atoms with Crippen molar-refractivity contribution in [1.29, 1.82) is 0 Å². The van der Waals surface area contributed by atoms with Gasteiger partial charge in [-0.15, -0.1) is 0 Å². The fourth-order valence-electron chi connectivity index (χ4n) is 1.93. The number of benzene rings is 1. The summed E-state index contributed by atoms with van der Waals surface area (Å²) >= 11 is 0. The van der Waals surface area contributed by atoms with Gasteiger partial charge in [-0.05, 0) is 55.0 Å². The molecule has 116 valence electrons. The lowest BCUT2D eigenvalue weighted by molar-refractivity contribution is -0.137. The molecule has 1 aromatic rings. The van der Waals surface area contributed by atoms with E-state index in [1.54, 1.807) is 19.1 Å². The highest BCUT2D eigenvalue weighted by Crippen LogP contribution is 2.25. The van der Waals surface area contributed by atoms with Crippen molar-refractivity contribution in [2.75, 3.05) is 13.7 Å². The van der Waals surface area contributed by atoms with Crippen molar-refractivity contribution in [1.82, 2.24) is 0 Å². The Bertz CT molecular complexity index is 507. The van der Waals surface area contributed by atoms with Gasteiger partial charge in [0.15, 0.2) is 11.6 Å². The Labute approximate surface area is 125 Å². The number of methoxy groups -OCH3 is 1. The molecule has 0 amide bonds. The van der Waals surface area contributed by atoms with Crippen molar-refractivity contribution < 1.29 is 18.7 Å². The van der Waals surface area contributed by atoms with E-state index in [1.165, 1.54) is 19.3 Å². The molecule has 3 nitrogen and oxygen atoms in total. The Kier molecular flexibility index (Phi) is 6.92. The third kappa shape index (κ3) is 5.58. The van der Waals surface area contributed by atoms with Crippen LogP contribution in [0.15, 0.2) is 18.2 Å². The first-order valence-electron chi connectivity index (χ1n) is 7.19. The molecular formula is C17H23FO3. The molecule has 1 rings (SSSR count). The number of halogens is 1. The smallest absolute Gasteiger partial charge is 0.330 e. The van der Waals surface area contributed by atoms with Crippen LogP contribution < -0.4 is 4.74 Å². The van der Waals surface area contributed by atoms with Gasteiger partial charge in [0.25, 0.3) is 0 Å². The molecule has 0 saturated carbocycles. The van der Waals surface area contributed by atoms with Crippen molar-refractivity contribution in [3.05, 3.63) is 35.2 Å². The minimum Gasteiger partial charge on any atom is -0.494 e. The van der Waals surface area contributed by atoms with E-state index in [4.69, 9.17) is 9.47 Å². The SMILES string of the molecule is CCOC(=O)/C=C/c1cc(F)c(OC)cc1CCC(C)C. The molecule has 0 fully saturated rings. The van der Waals surface area contributed by atoms with Crippen LogP contribution in [0.4, 0.5) is 4.39 Å². The molecule has 0 aromatic heterocycles. The maximum Gasteiger partial charge on any atom is 0.330 e. The standard InChI is InChI=1S/C17H23FO3/c1-5-21-17(19)9-8-13-10-15(18)16(20-4)11-14(13)7-6-12(2)3/h8-12H,5-7H2,1-4H3/b9-8+. The van der Waals surface area contributed by atoms with E-state index in [9.17, 15) is 9.18 Å². The molecule has 1 aromatic carbocycles. The van der Waals surface area contributed by atoms with Gasteiger partial charge >= 0.3 is 5.97 Å². The molecular weight excluding hydrogens is 271 g/mol. The van der Waals surface area contributed by atoms with Gasteiger partial charge in [-0.1, -0.05) is 13.8 Å². The number of hydrogen-bond donors (Lipinski definition) is 0. The number of aryl methyl sites for hydroxylation is 1. The van der Waals surface area contributed by atoms with Gasteiger partial charge in [-0.2, -0.15) is 0 Å². The maximum atomic E-state index is 13.8. The number of carbonyl (C=O) groups is 1. The van der Waals surface area contributed by atoms with Crippen LogP contribution in [0.2, 0.25) is 0 Å².